The zero-order valence-corrected chi connectivity index (χ0v) is 17.7. The molecule has 7 heteroatoms. The Balaban J connectivity index is 1.50. The number of likely N-dealkylation sites (tertiary alicyclic amines) is 2. The van der Waals surface area contributed by atoms with E-state index in [1.807, 2.05) is 37.8 Å². The number of carbonyl (C=O) groups excluding carboxylic acids is 3. The van der Waals surface area contributed by atoms with Gasteiger partial charge in [-0.15, -0.1) is 0 Å². The fourth-order valence-corrected chi connectivity index (χ4v) is 4.11. The van der Waals surface area contributed by atoms with Gasteiger partial charge in [-0.3, -0.25) is 19.4 Å². The molecule has 2 aliphatic heterocycles. The number of pyridine rings is 1. The monoisotopic (exact) mass is 400 g/mol. The molecule has 0 saturated carbocycles. The number of rotatable bonds is 4. The number of hydrogen-bond acceptors (Lipinski definition) is 4. The Kier molecular flexibility index (Phi) is 6.55. The highest BCUT2D eigenvalue weighted by Gasteiger charge is 2.41. The van der Waals surface area contributed by atoms with Gasteiger partial charge >= 0.3 is 0 Å². The van der Waals surface area contributed by atoms with Crippen molar-refractivity contribution in [3.63, 3.8) is 0 Å². The Hall–Kier alpha value is -2.44. The first-order valence-electron chi connectivity index (χ1n) is 10.5. The van der Waals surface area contributed by atoms with Gasteiger partial charge in [-0.1, -0.05) is 26.8 Å². The number of aromatic nitrogens is 1. The average Bonchev–Trinajstić information content (AvgIpc) is 3.20. The van der Waals surface area contributed by atoms with E-state index in [1.165, 1.54) is 0 Å². The number of carbonyl (C=O) groups is 3. The fourth-order valence-electron chi connectivity index (χ4n) is 4.11. The van der Waals surface area contributed by atoms with Crippen molar-refractivity contribution in [1.29, 1.82) is 0 Å². The summed E-state index contributed by atoms with van der Waals surface area (Å²) in [6.07, 6.45) is 6.36. The van der Waals surface area contributed by atoms with Gasteiger partial charge in [-0.25, -0.2) is 0 Å². The van der Waals surface area contributed by atoms with E-state index in [9.17, 15) is 14.4 Å². The first kappa shape index (κ1) is 21.3. The maximum Gasteiger partial charge on any atom is 0.245 e. The van der Waals surface area contributed by atoms with Crippen LogP contribution >= 0.6 is 0 Å². The van der Waals surface area contributed by atoms with E-state index in [2.05, 4.69) is 10.3 Å². The van der Waals surface area contributed by atoms with Gasteiger partial charge in [0.05, 0.1) is 0 Å². The molecule has 3 rings (SSSR count). The summed E-state index contributed by atoms with van der Waals surface area (Å²) in [6.45, 7) is 7.94. The number of amides is 3. The maximum atomic E-state index is 13.1. The molecule has 0 spiro atoms. The molecule has 3 amide bonds. The van der Waals surface area contributed by atoms with E-state index < -0.39 is 5.41 Å². The van der Waals surface area contributed by atoms with E-state index in [1.54, 1.807) is 17.3 Å². The van der Waals surface area contributed by atoms with Gasteiger partial charge in [-0.05, 0) is 37.3 Å². The van der Waals surface area contributed by atoms with Crippen LogP contribution in [0.1, 0.15) is 52.0 Å². The highest BCUT2D eigenvalue weighted by atomic mass is 16.2. The zero-order chi connectivity index (χ0) is 21.0. The van der Waals surface area contributed by atoms with E-state index >= 15 is 0 Å². The molecule has 2 fully saturated rings. The van der Waals surface area contributed by atoms with Gasteiger partial charge in [0, 0.05) is 49.9 Å². The van der Waals surface area contributed by atoms with E-state index in [0.29, 0.717) is 39.0 Å². The summed E-state index contributed by atoms with van der Waals surface area (Å²) >= 11 is 0. The molecule has 0 aromatic carbocycles. The Morgan fingerprint density at radius 1 is 1.14 bits per heavy atom. The van der Waals surface area contributed by atoms with Crippen LogP contribution in [0.25, 0.3) is 0 Å². The van der Waals surface area contributed by atoms with Crippen LogP contribution in [-0.4, -0.2) is 58.2 Å². The second-order valence-electron chi connectivity index (χ2n) is 9.09. The van der Waals surface area contributed by atoms with Crippen molar-refractivity contribution >= 4 is 17.7 Å². The quantitative estimate of drug-likeness (QED) is 0.838. The standard InChI is InChI=1S/C22H32N4O3/c1-22(2,3)21(29)26-11-5-7-18(26)20(28)25-12-8-17(9-13-25)19(27)24-15-16-6-4-10-23-14-16/h4,6,10,14,17-18H,5,7-9,11-13,15H2,1-3H3,(H,24,27). The fraction of sp³-hybridized carbons (Fsp3) is 0.636. The van der Waals surface area contributed by atoms with Crippen LogP contribution in [0, 0.1) is 11.3 Å². The van der Waals surface area contributed by atoms with Crippen LogP contribution in [0.15, 0.2) is 24.5 Å². The van der Waals surface area contributed by atoms with Gasteiger partial charge in [0.25, 0.3) is 0 Å². The predicted molar refractivity (Wildman–Crippen MR) is 110 cm³/mol. The molecule has 2 aliphatic rings. The first-order valence-corrected chi connectivity index (χ1v) is 10.5. The molecule has 0 bridgehead atoms. The highest BCUT2D eigenvalue weighted by Crippen LogP contribution is 2.28. The van der Waals surface area contributed by atoms with Crippen LogP contribution in [0.3, 0.4) is 0 Å². The van der Waals surface area contributed by atoms with Crippen molar-refractivity contribution in [2.24, 2.45) is 11.3 Å². The minimum Gasteiger partial charge on any atom is -0.352 e. The van der Waals surface area contributed by atoms with E-state index in [4.69, 9.17) is 0 Å². The van der Waals surface area contributed by atoms with Crippen molar-refractivity contribution in [3.05, 3.63) is 30.1 Å². The van der Waals surface area contributed by atoms with E-state index in [-0.39, 0.29) is 29.7 Å². The Bertz CT molecular complexity index is 736. The molecule has 158 valence electrons. The van der Waals surface area contributed by atoms with Crippen LogP contribution in [-0.2, 0) is 20.9 Å². The molecule has 29 heavy (non-hydrogen) atoms. The van der Waals surface area contributed by atoms with Crippen LogP contribution in [0.2, 0.25) is 0 Å². The lowest BCUT2D eigenvalue weighted by Gasteiger charge is -2.36. The number of nitrogens with one attached hydrogen (secondary N) is 1. The molecule has 1 aromatic heterocycles. The minimum absolute atomic E-state index is 0.0337. The number of nitrogens with zero attached hydrogens (tertiary/aromatic N) is 3. The molecular weight excluding hydrogens is 368 g/mol. The van der Waals surface area contributed by atoms with Crippen molar-refractivity contribution in [1.82, 2.24) is 20.1 Å². The highest BCUT2D eigenvalue weighted by molar-refractivity contribution is 5.90. The molecule has 7 nitrogen and oxygen atoms in total. The number of piperidine rings is 1. The number of hydrogen-bond donors (Lipinski definition) is 1. The van der Waals surface area contributed by atoms with Gasteiger partial charge in [0.1, 0.15) is 6.04 Å². The summed E-state index contributed by atoms with van der Waals surface area (Å²) in [5.74, 6) is 0.0327. The van der Waals surface area contributed by atoms with E-state index in [0.717, 1.165) is 18.4 Å². The molecule has 3 heterocycles. The maximum absolute atomic E-state index is 13.1. The zero-order valence-electron chi connectivity index (χ0n) is 17.7. The molecule has 0 radical (unpaired) electrons. The summed E-state index contributed by atoms with van der Waals surface area (Å²) in [7, 11) is 0. The van der Waals surface area contributed by atoms with Gasteiger partial charge in [0.15, 0.2) is 0 Å². The average molecular weight is 401 g/mol. The molecular formula is C22H32N4O3. The SMILES string of the molecule is CC(C)(C)C(=O)N1CCCC1C(=O)N1CCC(C(=O)NCc2cccnc2)CC1. The van der Waals surface area contributed by atoms with Crippen molar-refractivity contribution < 1.29 is 14.4 Å². The second-order valence-corrected chi connectivity index (χ2v) is 9.09. The van der Waals surface area contributed by atoms with Crippen molar-refractivity contribution in [2.45, 2.75) is 59.0 Å². The lowest BCUT2D eigenvalue weighted by Crippen LogP contribution is -2.52. The summed E-state index contributed by atoms with van der Waals surface area (Å²) in [5, 5.41) is 2.97. The lowest BCUT2D eigenvalue weighted by atomic mass is 9.93. The normalized spacial score (nSPS) is 20.6. The summed E-state index contributed by atoms with van der Waals surface area (Å²) < 4.78 is 0. The topological polar surface area (TPSA) is 82.6 Å². The Morgan fingerprint density at radius 2 is 1.86 bits per heavy atom. The summed E-state index contributed by atoms with van der Waals surface area (Å²) in [4.78, 5) is 45.9. The minimum atomic E-state index is -0.484. The molecule has 0 aliphatic carbocycles. The van der Waals surface area contributed by atoms with Gasteiger partial charge in [-0.2, -0.15) is 0 Å². The van der Waals surface area contributed by atoms with Gasteiger partial charge < -0.3 is 15.1 Å². The molecule has 1 unspecified atom stereocenters. The van der Waals surface area contributed by atoms with Crippen molar-refractivity contribution in [3.8, 4) is 0 Å². The van der Waals surface area contributed by atoms with Crippen LogP contribution in [0.4, 0.5) is 0 Å². The molecule has 1 N–H and O–H groups in total. The van der Waals surface area contributed by atoms with Gasteiger partial charge in [0.2, 0.25) is 17.7 Å². The summed E-state index contributed by atoms with van der Waals surface area (Å²) in [6, 6.07) is 3.43. The third kappa shape index (κ3) is 5.14. The largest absolute Gasteiger partial charge is 0.352 e. The predicted octanol–water partition coefficient (Wildman–Crippen LogP) is 1.97. The summed E-state index contributed by atoms with van der Waals surface area (Å²) in [5.41, 5.74) is 0.487. The molecule has 2 saturated heterocycles. The molecule has 1 atom stereocenters. The van der Waals surface area contributed by atoms with Crippen LogP contribution in [0.5, 0.6) is 0 Å². The smallest absolute Gasteiger partial charge is 0.245 e. The Labute approximate surface area is 172 Å². The lowest BCUT2D eigenvalue weighted by molar-refractivity contribution is -0.149. The second kappa shape index (κ2) is 8.93. The molecule has 1 aromatic rings. The Morgan fingerprint density at radius 3 is 2.48 bits per heavy atom. The third-order valence-corrected chi connectivity index (χ3v) is 5.81. The van der Waals surface area contributed by atoms with Crippen LogP contribution < -0.4 is 5.32 Å². The van der Waals surface area contributed by atoms with Crippen molar-refractivity contribution in [2.75, 3.05) is 19.6 Å². The third-order valence-electron chi connectivity index (χ3n) is 5.81. The first-order chi connectivity index (χ1) is 13.8.